The fourth-order valence-corrected chi connectivity index (χ4v) is 2.66. The molecule has 0 saturated carbocycles. The number of nitrogens with one attached hydrogen (secondary N) is 1. The van der Waals surface area contributed by atoms with Gasteiger partial charge in [0.25, 0.3) is 5.91 Å². The Hall–Kier alpha value is -3.28. The Morgan fingerprint density at radius 3 is 2.38 bits per heavy atom. The highest BCUT2D eigenvalue weighted by atomic mass is 19.1. The minimum absolute atomic E-state index is 0.349. The number of aromatic nitrogens is 2. The molecule has 132 valence electrons. The molecule has 0 atom stereocenters. The molecule has 0 aliphatic rings. The Balaban J connectivity index is 2.08. The van der Waals surface area contributed by atoms with E-state index in [1.165, 1.54) is 30.6 Å². The van der Waals surface area contributed by atoms with Gasteiger partial charge in [-0.3, -0.25) is 4.79 Å². The van der Waals surface area contributed by atoms with E-state index in [0.29, 0.717) is 22.8 Å². The number of hydrogen-bond donors (Lipinski definition) is 1. The normalized spacial score (nSPS) is 10.5. The maximum atomic E-state index is 13.1. The van der Waals surface area contributed by atoms with Crippen LogP contribution >= 0.6 is 0 Å². The van der Waals surface area contributed by atoms with Gasteiger partial charge in [-0.05, 0) is 36.8 Å². The molecule has 1 N–H and O–H groups in total. The van der Waals surface area contributed by atoms with Gasteiger partial charge in [0.1, 0.15) is 17.8 Å². The van der Waals surface area contributed by atoms with Gasteiger partial charge >= 0.3 is 0 Å². The third kappa shape index (κ3) is 3.54. The van der Waals surface area contributed by atoms with E-state index in [4.69, 9.17) is 0 Å². The first-order chi connectivity index (χ1) is 12.5. The third-order valence-corrected chi connectivity index (χ3v) is 4.00. The molecule has 3 rings (SSSR count). The van der Waals surface area contributed by atoms with Crippen LogP contribution in [0, 0.1) is 12.7 Å². The second-order valence-electron chi connectivity index (χ2n) is 6.09. The molecule has 2 aromatic carbocycles. The molecule has 0 radical (unpaired) electrons. The second kappa shape index (κ2) is 7.31. The number of nitrogens with zero attached hydrogens (tertiary/aromatic N) is 3. The SMILES string of the molecule is Cc1ccccc1-c1ncnc(N(C)C)c1NC(=O)c1ccc(F)cc1. The summed E-state index contributed by atoms with van der Waals surface area (Å²) < 4.78 is 13.1. The summed E-state index contributed by atoms with van der Waals surface area (Å²) in [6, 6.07) is 13.2. The van der Waals surface area contributed by atoms with E-state index in [2.05, 4.69) is 15.3 Å². The molecule has 1 heterocycles. The number of rotatable bonds is 4. The van der Waals surface area contributed by atoms with E-state index in [0.717, 1.165) is 11.1 Å². The quantitative estimate of drug-likeness (QED) is 0.775. The summed E-state index contributed by atoms with van der Waals surface area (Å²) in [5.74, 6) is -0.148. The number of halogens is 1. The summed E-state index contributed by atoms with van der Waals surface area (Å²) in [4.78, 5) is 23.2. The van der Waals surface area contributed by atoms with E-state index < -0.39 is 0 Å². The minimum atomic E-state index is -0.390. The lowest BCUT2D eigenvalue weighted by atomic mass is 10.0. The third-order valence-electron chi connectivity index (χ3n) is 4.00. The molecule has 6 heteroatoms. The van der Waals surface area contributed by atoms with Crippen molar-refractivity contribution in [2.45, 2.75) is 6.92 Å². The van der Waals surface area contributed by atoms with Crippen molar-refractivity contribution >= 4 is 17.4 Å². The predicted octanol–water partition coefficient (Wildman–Crippen LogP) is 3.91. The molecule has 0 bridgehead atoms. The van der Waals surface area contributed by atoms with Crippen LogP contribution in [0.5, 0.6) is 0 Å². The van der Waals surface area contributed by atoms with Gasteiger partial charge in [0.15, 0.2) is 5.82 Å². The van der Waals surface area contributed by atoms with E-state index in [1.54, 1.807) is 0 Å². The van der Waals surface area contributed by atoms with Crippen molar-refractivity contribution < 1.29 is 9.18 Å². The molecular weight excluding hydrogens is 331 g/mol. The summed E-state index contributed by atoms with van der Waals surface area (Å²) >= 11 is 0. The molecule has 0 aliphatic heterocycles. The summed E-state index contributed by atoms with van der Waals surface area (Å²) in [6.07, 6.45) is 1.48. The lowest BCUT2D eigenvalue weighted by molar-refractivity contribution is 0.102. The van der Waals surface area contributed by atoms with Crippen LogP contribution < -0.4 is 10.2 Å². The van der Waals surface area contributed by atoms with Crippen molar-refractivity contribution in [2.75, 3.05) is 24.3 Å². The Morgan fingerprint density at radius 2 is 1.73 bits per heavy atom. The monoisotopic (exact) mass is 350 g/mol. The smallest absolute Gasteiger partial charge is 0.255 e. The van der Waals surface area contributed by atoms with Gasteiger partial charge in [0, 0.05) is 25.2 Å². The van der Waals surface area contributed by atoms with Crippen LogP contribution in [0.25, 0.3) is 11.3 Å². The average Bonchev–Trinajstić information content (AvgIpc) is 2.63. The summed E-state index contributed by atoms with van der Waals surface area (Å²) in [7, 11) is 3.69. The first-order valence-electron chi connectivity index (χ1n) is 8.12. The number of hydrogen-bond acceptors (Lipinski definition) is 4. The lowest BCUT2D eigenvalue weighted by Gasteiger charge is -2.19. The van der Waals surface area contributed by atoms with E-state index in [1.807, 2.05) is 50.2 Å². The number of anilines is 2. The number of carbonyl (C=O) groups is 1. The Bertz CT molecular complexity index is 939. The molecule has 5 nitrogen and oxygen atoms in total. The van der Waals surface area contributed by atoms with Gasteiger partial charge in [-0.25, -0.2) is 14.4 Å². The zero-order valence-corrected chi connectivity index (χ0v) is 14.8. The first kappa shape index (κ1) is 17.5. The van der Waals surface area contributed by atoms with Crippen molar-refractivity contribution in [3.63, 3.8) is 0 Å². The van der Waals surface area contributed by atoms with Crippen molar-refractivity contribution in [3.8, 4) is 11.3 Å². The number of benzene rings is 2. The largest absolute Gasteiger partial charge is 0.361 e. The van der Waals surface area contributed by atoms with Gasteiger partial charge in [-0.2, -0.15) is 0 Å². The van der Waals surface area contributed by atoms with Gasteiger partial charge < -0.3 is 10.2 Å². The maximum absolute atomic E-state index is 13.1. The van der Waals surface area contributed by atoms with Gasteiger partial charge in [-0.15, -0.1) is 0 Å². The number of carbonyl (C=O) groups excluding carboxylic acids is 1. The van der Waals surface area contributed by atoms with Crippen LogP contribution in [0.15, 0.2) is 54.9 Å². The Labute approximate surface area is 151 Å². The van der Waals surface area contributed by atoms with Crippen molar-refractivity contribution in [3.05, 3.63) is 71.8 Å². The molecule has 1 aromatic heterocycles. The molecule has 0 fully saturated rings. The number of aryl methyl sites for hydroxylation is 1. The summed E-state index contributed by atoms with van der Waals surface area (Å²) in [5.41, 5.74) is 3.45. The van der Waals surface area contributed by atoms with E-state index >= 15 is 0 Å². The standard InChI is InChI=1S/C20H19FN4O/c1-13-6-4-5-7-16(13)17-18(19(25(2)3)23-12-22-17)24-20(26)14-8-10-15(21)11-9-14/h4-12H,1-3H3,(H,24,26). The minimum Gasteiger partial charge on any atom is -0.361 e. The predicted molar refractivity (Wildman–Crippen MR) is 101 cm³/mol. The van der Waals surface area contributed by atoms with Crippen LogP contribution in [0.2, 0.25) is 0 Å². The van der Waals surface area contributed by atoms with Crippen molar-refractivity contribution in [2.24, 2.45) is 0 Å². The van der Waals surface area contributed by atoms with Crippen LogP contribution in [0.3, 0.4) is 0 Å². The molecule has 3 aromatic rings. The Morgan fingerprint density at radius 1 is 1.04 bits per heavy atom. The highest BCUT2D eigenvalue weighted by Gasteiger charge is 2.19. The molecule has 26 heavy (non-hydrogen) atoms. The van der Waals surface area contributed by atoms with Crippen molar-refractivity contribution in [1.29, 1.82) is 0 Å². The van der Waals surface area contributed by atoms with Gasteiger partial charge in [0.05, 0.1) is 5.69 Å². The lowest BCUT2D eigenvalue weighted by Crippen LogP contribution is -2.19. The second-order valence-corrected chi connectivity index (χ2v) is 6.09. The van der Waals surface area contributed by atoms with Crippen molar-refractivity contribution in [1.82, 2.24) is 9.97 Å². The maximum Gasteiger partial charge on any atom is 0.255 e. The molecular formula is C20H19FN4O. The van der Waals surface area contributed by atoms with Crippen LogP contribution in [-0.2, 0) is 0 Å². The summed E-state index contributed by atoms with van der Waals surface area (Å²) in [6.45, 7) is 1.98. The van der Waals surface area contributed by atoms with Crippen LogP contribution in [0.4, 0.5) is 15.9 Å². The van der Waals surface area contributed by atoms with E-state index in [9.17, 15) is 9.18 Å². The first-order valence-corrected chi connectivity index (χ1v) is 8.12. The highest BCUT2D eigenvalue weighted by Crippen LogP contribution is 2.34. The molecule has 0 saturated heterocycles. The van der Waals surface area contributed by atoms with Crippen LogP contribution in [0.1, 0.15) is 15.9 Å². The van der Waals surface area contributed by atoms with Gasteiger partial charge in [-0.1, -0.05) is 24.3 Å². The fourth-order valence-electron chi connectivity index (χ4n) is 2.66. The molecule has 0 spiro atoms. The highest BCUT2D eigenvalue weighted by molar-refractivity contribution is 6.07. The molecule has 1 amide bonds. The van der Waals surface area contributed by atoms with Gasteiger partial charge in [0.2, 0.25) is 0 Å². The molecule has 0 unspecified atom stereocenters. The zero-order chi connectivity index (χ0) is 18.7. The number of amides is 1. The van der Waals surface area contributed by atoms with E-state index in [-0.39, 0.29) is 11.7 Å². The zero-order valence-electron chi connectivity index (χ0n) is 14.8. The average molecular weight is 350 g/mol. The topological polar surface area (TPSA) is 58.1 Å². The fraction of sp³-hybridized carbons (Fsp3) is 0.150. The molecule has 0 aliphatic carbocycles. The Kier molecular flexibility index (Phi) is 4.93. The van der Waals surface area contributed by atoms with Crippen LogP contribution in [-0.4, -0.2) is 30.0 Å². The summed E-state index contributed by atoms with van der Waals surface area (Å²) in [5, 5.41) is 2.89.